The van der Waals surface area contributed by atoms with Crippen LogP contribution in [0.2, 0.25) is 0 Å². The Morgan fingerprint density at radius 3 is 3.00 bits per heavy atom. The van der Waals surface area contributed by atoms with Crippen LogP contribution in [0.15, 0.2) is 0 Å². The number of likely N-dealkylation sites (tertiary alicyclic amines) is 1. The van der Waals surface area contributed by atoms with E-state index in [2.05, 4.69) is 5.32 Å². The first kappa shape index (κ1) is 9.48. The van der Waals surface area contributed by atoms with Crippen LogP contribution >= 0.6 is 0 Å². The molecule has 1 atom stereocenters. The average Bonchev–Trinajstić information content (AvgIpc) is 2.45. The molecule has 0 aromatic heterocycles. The van der Waals surface area contributed by atoms with Crippen LogP contribution in [-0.4, -0.2) is 43.5 Å². The summed E-state index contributed by atoms with van der Waals surface area (Å²) in [5.41, 5.74) is 5.92. The van der Waals surface area contributed by atoms with E-state index in [0.29, 0.717) is 6.54 Å². The molecule has 4 heteroatoms. The van der Waals surface area contributed by atoms with E-state index >= 15 is 0 Å². The van der Waals surface area contributed by atoms with Crippen molar-refractivity contribution in [3.63, 3.8) is 0 Å². The molecule has 1 aliphatic heterocycles. The average molecular weight is 171 g/mol. The lowest BCUT2D eigenvalue weighted by atomic mass is 9.96. The van der Waals surface area contributed by atoms with Crippen molar-refractivity contribution in [2.45, 2.75) is 18.4 Å². The van der Waals surface area contributed by atoms with E-state index in [1.165, 1.54) is 0 Å². The summed E-state index contributed by atoms with van der Waals surface area (Å²) < 4.78 is 0. The number of hydrogen-bond acceptors (Lipinski definition) is 3. The van der Waals surface area contributed by atoms with Gasteiger partial charge in [-0.3, -0.25) is 4.79 Å². The summed E-state index contributed by atoms with van der Waals surface area (Å²) in [4.78, 5) is 12.2. The zero-order valence-corrected chi connectivity index (χ0v) is 7.55. The van der Waals surface area contributed by atoms with Crippen molar-refractivity contribution in [3.8, 4) is 0 Å². The number of hydrogen-bond donors (Lipinski definition) is 2. The van der Waals surface area contributed by atoms with E-state index in [1.54, 1.807) is 4.90 Å². The van der Waals surface area contributed by atoms with Crippen molar-refractivity contribution in [2.24, 2.45) is 5.73 Å². The van der Waals surface area contributed by atoms with Crippen LogP contribution < -0.4 is 11.1 Å². The largest absolute Gasteiger partial charge is 0.343 e. The molecule has 4 nitrogen and oxygen atoms in total. The highest BCUT2D eigenvalue weighted by molar-refractivity contribution is 5.48. The Morgan fingerprint density at radius 2 is 2.50 bits per heavy atom. The fourth-order valence-electron chi connectivity index (χ4n) is 1.60. The minimum Gasteiger partial charge on any atom is -0.343 e. The van der Waals surface area contributed by atoms with Crippen molar-refractivity contribution < 1.29 is 4.79 Å². The van der Waals surface area contributed by atoms with Crippen LogP contribution in [0.4, 0.5) is 0 Å². The molecular formula is C8H17N3O. The molecule has 1 amide bonds. The van der Waals surface area contributed by atoms with Gasteiger partial charge in [0, 0.05) is 18.6 Å². The number of carbonyl (C=O) groups is 1. The quantitative estimate of drug-likeness (QED) is 0.542. The molecule has 12 heavy (non-hydrogen) atoms. The van der Waals surface area contributed by atoms with Gasteiger partial charge in [0.15, 0.2) is 0 Å². The zero-order chi connectivity index (χ0) is 9.03. The van der Waals surface area contributed by atoms with Crippen molar-refractivity contribution in [1.29, 1.82) is 0 Å². The minimum atomic E-state index is -0.149. The second-order valence-electron chi connectivity index (χ2n) is 3.54. The van der Waals surface area contributed by atoms with Crippen LogP contribution in [0.3, 0.4) is 0 Å². The number of nitrogens with one attached hydrogen (secondary N) is 1. The van der Waals surface area contributed by atoms with E-state index < -0.39 is 0 Å². The molecule has 0 aromatic rings. The maximum Gasteiger partial charge on any atom is 0.209 e. The summed E-state index contributed by atoms with van der Waals surface area (Å²) >= 11 is 0. The predicted octanol–water partition coefficient (Wildman–Crippen LogP) is -0.844. The van der Waals surface area contributed by atoms with Crippen LogP contribution in [0, 0.1) is 0 Å². The Kier molecular flexibility index (Phi) is 3.05. The summed E-state index contributed by atoms with van der Waals surface area (Å²) in [5.74, 6) is 0. The first-order chi connectivity index (χ1) is 5.70. The third-order valence-electron chi connectivity index (χ3n) is 2.44. The highest BCUT2D eigenvalue weighted by atomic mass is 16.1. The Labute approximate surface area is 73.1 Å². The fraction of sp³-hybridized carbons (Fsp3) is 0.875. The topological polar surface area (TPSA) is 58.4 Å². The first-order valence-corrected chi connectivity index (χ1v) is 4.33. The van der Waals surface area contributed by atoms with Gasteiger partial charge in [0.1, 0.15) is 0 Å². The van der Waals surface area contributed by atoms with Gasteiger partial charge in [-0.15, -0.1) is 0 Å². The van der Waals surface area contributed by atoms with Gasteiger partial charge in [0.2, 0.25) is 6.41 Å². The van der Waals surface area contributed by atoms with Crippen molar-refractivity contribution in [1.82, 2.24) is 10.2 Å². The Bertz CT molecular complexity index is 162. The van der Waals surface area contributed by atoms with Gasteiger partial charge in [-0.05, 0) is 26.4 Å². The van der Waals surface area contributed by atoms with Crippen LogP contribution in [0.1, 0.15) is 12.8 Å². The summed E-state index contributed by atoms with van der Waals surface area (Å²) in [6.45, 7) is 2.44. The van der Waals surface area contributed by atoms with Crippen LogP contribution in [-0.2, 0) is 4.79 Å². The molecule has 0 saturated carbocycles. The van der Waals surface area contributed by atoms with Gasteiger partial charge in [-0.2, -0.15) is 0 Å². The van der Waals surface area contributed by atoms with Gasteiger partial charge < -0.3 is 16.0 Å². The molecule has 0 aromatic carbocycles. The molecule has 1 rings (SSSR count). The Morgan fingerprint density at radius 1 is 1.75 bits per heavy atom. The molecule has 0 radical (unpaired) electrons. The van der Waals surface area contributed by atoms with Gasteiger partial charge in [0.25, 0.3) is 0 Å². The van der Waals surface area contributed by atoms with E-state index in [-0.39, 0.29) is 5.54 Å². The zero-order valence-electron chi connectivity index (χ0n) is 7.55. The predicted molar refractivity (Wildman–Crippen MR) is 47.7 cm³/mol. The van der Waals surface area contributed by atoms with Crippen molar-refractivity contribution in [3.05, 3.63) is 0 Å². The lowest BCUT2D eigenvalue weighted by Gasteiger charge is -2.22. The van der Waals surface area contributed by atoms with E-state index in [0.717, 1.165) is 32.3 Å². The number of nitrogens with two attached hydrogens (primary N) is 1. The summed E-state index contributed by atoms with van der Waals surface area (Å²) in [5, 5.41) is 3.07. The number of carbonyl (C=O) groups excluding carboxylic acids is 1. The van der Waals surface area contributed by atoms with Crippen molar-refractivity contribution >= 4 is 6.41 Å². The Balaban J connectivity index is 2.35. The first-order valence-electron chi connectivity index (χ1n) is 4.33. The monoisotopic (exact) mass is 171 g/mol. The summed E-state index contributed by atoms with van der Waals surface area (Å²) in [6, 6.07) is 0. The van der Waals surface area contributed by atoms with E-state index in [1.807, 2.05) is 7.05 Å². The molecule has 0 bridgehead atoms. The minimum absolute atomic E-state index is 0.149. The van der Waals surface area contributed by atoms with Crippen molar-refractivity contribution in [2.75, 3.05) is 26.7 Å². The molecule has 1 heterocycles. The SMILES string of the molecule is CNCC[C@@]1(N)CCN(C=O)C1. The third kappa shape index (κ3) is 2.19. The molecular weight excluding hydrogens is 154 g/mol. The molecule has 1 saturated heterocycles. The number of rotatable bonds is 4. The molecule has 3 N–H and O–H groups in total. The molecule has 0 aliphatic carbocycles. The fourth-order valence-corrected chi connectivity index (χ4v) is 1.60. The number of nitrogens with zero attached hydrogens (tertiary/aromatic N) is 1. The normalized spacial score (nSPS) is 29.3. The van der Waals surface area contributed by atoms with E-state index in [9.17, 15) is 4.79 Å². The second-order valence-corrected chi connectivity index (χ2v) is 3.54. The van der Waals surface area contributed by atoms with E-state index in [4.69, 9.17) is 5.73 Å². The van der Waals surface area contributed by atoms with Gasteiger partial charge in [0.05, 0.1) is 0 Å². The summed E-state index contributed by atoms with van der Waals surface area (Å²) in [7, 11) is 1.91. The lowest BCUT2D eigenvalue weighted by Crippen LogP contribution is -2.44. The maximum atomic E-state index is 10.4. The molecule has 1 fully saturated rings. The molecule has 1 aliphatic rings. The maximum absolute atomic E-state index is 10.4. The molecule has 70 valence electrons. The highest BCUT2D eigenvalue weighted by Gasteiger charge is 2.32. The smallest absolute Gasteiger partial charge is 0.209 e. The van der Waals surface area contributed by atoms with Crippen LogP contribution in [0.25, 0.3) is 0 Å². The third-order valence-corrected chi connectivity index (χ3v) is 2.44. The standard InChI is InChI=1S/C8H17N3O/c1-10-4-2-8(9)3-5-11(6-8)7-12/h7,10H,2-6,9H2,1H3/t8-/m1/s1. The second kappa shape index (κ2) is 3.87. The summed E-state index contributed by atoms with van der Waals surface area (Å²) in [6.07, 6.45) is 2.75. The molecule has 0 unspecified atom stereocenters. The highest BCUT2D eigenvalue weighted by Crippen LogP contribution is 2.20. The number of amides is 1. The van der Waals surface area contributed by atoms with Gasteiger partial charge in [-0.25, -0.2) is 0 Å². The van der Waals surface area contributed by atoms with Crippen LogP contribution in [0.5, 0.6) is 0 Å². The van der Waals surface area contributed by atoms with Gasteiger partial charge in [-0.1, -0.05) is 0 Å². The molecule has 0 spiro atoms. The van der Waals surface area contributed by atoms with Gasteiger partial charge >= 0.3 is 0 Å². The lowest BCUT2D eigenvalue weighted by molar-refractivity contribution is -0.117. The Hall–Kier alpha value is -0.610.